The van der Waals surface area contributed by atoms with Gasteiger partial charge in [-0.15, -0.1) is 0 Å². The number of halogens is 1. The molecule has 0 fully saturated rings. The van der Waals surface area contributed by atoms with E-state index in [0.717, 1.165) is 27.0 Å². The number of hydrogen-bond acceptors (Lipinski definition) is 1. The van der Waals surface area contributed by atoms with Gasteiger partial charge in [0, 0.05) is 24.0 Å². The van der Waals surface area contributed by atoms with Gasteiger partial charge in [-0.2, -0.15) is 0 Å². The van der Waals surface area contributed by atoms with E-state index >= 15 is 0 Å². The van der Waals surface area contributed by atoms with Crippen LogP contribution in [0.3, 0.4) is 0 Å². The number of fused-ring (bicyclic) bond motifs is 3. The van der Waals surface area contributed by atoms with E-state index in [-0.39, 0.29) is 0 Å². The summed E-state index contributed by atoms with van der Waals surface area (Å²) in [5, 5.41) is 2.96. The van der Waals surface area contributed by atoms with E-state index in [1.54, 1.807) is 6.20 Å². The standard InChI is InChI=1S/C12H9ClN2/c1-15-10-5-3-2-4-8(10)11-9(13)6-7-14-12(11)15/h2-7H,1H3. The number of nitrogens with zero attached hydrogens (tertiary/aromatic N) is 2. The number of para-hydroxylation sites is 1. The Labute approximate surface area is 92.1 Å². The van der Waals surface area contributed by atoms with Crippen molar-refractivity contribution in [2.45, 2.75) is 0 Å². The van der Waals surface area contributed by atoms with E-state index in [4.69, 9.17) is 11.6 Å². The molecular weight excluding hydrogens is 208 g/mol. The van der Waals surface area contributed by atoms with E-state index < -0.39 is 0 Å². The summed E-state index contributed by atoms with van der Waals surface area (Å²) in [5.74, 6) is 0. The van der Waals surface area contributed by atoms with Crippen LogP contribution in [0.25, 0.3) is 21.9 Å². The molecule has 0 aliphatic heterocycles. The summed E-state index contributed by atoms with van der Waals surface area (Å²) in [6.45, 7) is 0. The van der Waals surface area contributed by atoms with Gasteiger partial charge < -0.3 is 4.57 Å². The molecule has 0 bridgehead atoms. The predicted molar refractivity (Wildman–Crippen MR) is 63.2 cm³/mol. The van der Waals surface area contributed by atoms with Gasteiger partial charge in [0.15, 0.2) is 0 Å². The van der Waals surface area contributed by atoms with E-state index in [1.165, 1.54) is 0 Å². The summed E-state index contributed by atoms with van der Waals surface area (Å²) in [4.78, 5) is 4.36. The van der Waals surface area contributed by atoms with Crippen molar-refractivity contribution in [1.82, 2.24) is 9.55 Å². The molecular formula is C12H9ClN2. The summed E-state index contributed by atoms with van der Waals surface area (Å²) in [6.07, 6.45) is 1.74. The van der Waals surface area contributed by atoms with Crippen molar-refractivity contribution in [2.75, 3.05) is 0 Å². The summed E-state index contributed by atoms with van der Waals surface area (Å²) in [5.41, 5.74) is 2.09. The molecule has 2 nitrogen and oxygen atoms in total. The predicted octanol–water partition coefficient (Wildman–Crippen LogP) is 3.38. The van der Waals surface area contributed by atoms with Gasteiger partial charge in [0.2, 0.25) is 0 Å². The number of aromatic nitrogens is 2. The van der Waals surface area contributed by atoms with Gasteiger partial charge in [0.1, 0.15) is 5.65 Å². The molecule has 0 unspecified atom stereocenters. The minimum absolute atomic E-state index is 0.761. The van der Waals surface area contributed by atoms with Crippen LogP contribution in [0.15, 0.2) is 36.5 Å². The Balaban J connectivity index is 2.70. The number of rotatable bonds is 0. The van der Waals surface area contributed by atoms with Crippen LogP contribution in [-0.2, 0) is 7.05 Å². The second-order valence-corrected chi connectivity index (χ2v) is 3.97. The molecule has 0 radical (unpaired) electrons. The SMILES string of the molecule is Cn1c2ccccc2c2c(Cl)ccnc21. The molecule has 2 heterocycles. The highest BCUT2D eigenvalue weighted by Gasteiger charge is 2.10. The molecule has 0 saturated heterocycles. The Morgan fingerprint density at radius 3 is 2.87 bits per heavy atom. The number of pyridine rings is 1. The maximum Gasteiger partial charge on any atom is 0.142 e. The summed E-state index contributed by atoms with van der Waals surface area (Å²) in [6, 6.07) is 10.0. The highest BCUT2D eigenvalue weighted by molar-refractivity contribution is 6.37. The Kier molecular flexibility index (Phi) is 1.73. The quantitative estimate of drug-likeness (QED) is 0.563. The molecule has 74 valence electrons. The maximum absolute atomic E-state index is 6.20. The Bertz CT molecular complexity index is 655. The highest BCUT2D eigenvalue weighted by Crippen LogP contribution is 2.31. The van der Waals surface area contributed by atoms with Crippen LogP contribution in [0.4, 0.5) is 0 Å². The number of aryl methyl sites for hydroxylation is 1. The van der Waals surface area contributed by atoms with Crippen LogP contribution < -0.4 is 0 Å². The summed E-state index contributed by atoms with van der Waals surface area (Å²) in [7, 11) is 2.01. The fraction of sp³-hybridized carbons (Fsp3) is 0.0833. The van der Waals surface area contributed by atoms with Crippen molar-refractivity contribution < 1.29 is 0 Å². The molecule has 3 rings (SSSR count). The minimum atomic E-state index is 0.761. The molecule has 0 N–H and O–H groups in total. The molecule has 0 aliphatic carbocycles. The largest absolute Gasteiger partial charge is 0.328 e. The smallest absolute Gasteiger partial charge is 0.142 e. The van der Waals surface area contributed by atoms with E-state index in [9.17, 15) is 0 Å². The normalized spacial score (nSPS) is 11.3. The number of hydrogen-bond donors (Lipinski definition) is 0. The zero-order chi connectivity index (χ0) is 10.4. The first kappa shape index (κ1) is 8.74. The van der Waals surface area contributed by atoms with E-state index in [1.807, 2.05) is 25.2 Å². The van der Waals surface area contributed by atoms with Crippen LogP contribution in [0.1, 0.15) is 0 Å². The Morgan fingerprint density at radius 1 is 1.20 bits per heavy atom. The first-order valence-electron chi connectivity index (χ1n) is 4.76. The average molecular weight is 217 g/mol. The lowest BCUT2D eigenvalue weighted by Gasteiger charge is -1.95. The van der Waals surface area contributed by atoms with Gasteiger partial charge in [-0.05, 0) is 12.1 Å². The maximum atomic E-state index is 6.20. The van der Waals surface area contributed by atoms with Crippen LogP contribution in [0, 0.1) is 0 Å². The van der Waals surface area contributed by atoms with Crippen LogP contribution in [0.2, 0.25) is 5.02 Å². The van der Waals surface area contributed by atoms with Gasteiger partial charge in [0.25, 0.3) is 0 Å². The molecule has 3 aromatic rings. The first-order chi connectivity index (χ1) is 7.29. The summed E-state index contributed by atoms with van der Waals surface area (Å²) < 4.78 is 2.07. The van der Waals surface area contributed by atoms with Gasteiger partial charge in [-0.25, -0.2) is 4.98 Å². The van der Waals surface area contributed by atoms with Crippen molar-refractivity contribution in [3.8, 4) is 0 Å². The van der Waals surface area contributed by atoms with Gasteiger partial charge in [0.05, 0.1) is 10.5 Å². The lowest BCUT2D eigenvalue weighted by molar-refractivity contribution is 0.990. The monoisotopic (exact) mass is 216 g/mol. The second kappa shape index (κ2) is 2.97. The van der Waals surface area contributed by atoms with E-state index in [0.29, 0.717) is 0 Å². The van der Waals surface area contributed by atoms with Crippen LogP contribution >= 0.6 is 11.6 Å². The molecule has 0 spiro atoms. The van der Waals surface area contributed by atoms with Crippen molar-refractivity contribution in [1.29, 1.82) is 0 Å². The molecule has 15 heavy (non-hydrogen) atoms. The zero-order valence-electron chi connectivity index (χ0n) is 8.24. The third-order valence-corrected chi connectivity index (χ3v) is 3.05. The first-order valence-corrected chi connectivity index (χ1v) is 5.14. The molecule has 3 heteroatoms. The third kappa shape index (κ3) is 1.08. The Hall–Kier alpha value is -1.54. The fourth-order valence-corrected chi connectivity index (χ4v) is 2.27. The number of benzene rings is 1. The molecule has 2 aromatic heterocycles. The van der Waals surface area contributed by atoms with Gasteiger partial charge in [-0.3, -0.25) is 0 Å². The molecule has 1 aromatic carbocycles. The molecule has 0 saturated carbocycles. The van der Waals surface area contributed by atoms with Gasteiger partial charge >= 0.3 is 0 Å². The van der Waals surface area contributed by atoms with Gasteiger partial charge in [-0.1, -0.05) is 29.8 Å². The summed E-state index contributed by atoms with van der Waals surface area (Å²) >= 11 is 6.20. The lowest BCUT2D eigenvalue weighted by atomic mass is 10.2. The lowest BCUT2D eigenvalue weighted by Crippen LogP contribution is -1.88. The van der Waals surface area contributed by atoms with Crippen molar-refractivity contribution in [3.05, 3.63) is 41.6 Å². The fourth-order valence-electron chi connectivity index (χ4n) is 2.02. The minimum Gasteiger partial charge on any atom is -0.328 e. The van der Waals surface area contributed by atoms with Crippen LogP contribution in [-0.4, -0.2) is 9.55 Å². The molecule has 0 amide bonds. The third-order valence-electron chi connectivity index (χ3n) is 2.73. The Morgan fingerprint density at radius 2 is 2.00 bits per heavy atom. The van der Waals surface area contributed by atoms with E-state index in [2.05, 4.69) is 21.7 Å². The molecule has 0 aliphatic rings. The van der Waals surface area contributed by atoms with Crippen molar-refractivity contribution >= 4 is 33.5 Å². The topological polar surface area (TPSA) is 17.8 Å². The average Bonchev–Trinajstić information content (AvgIpc) is 2.55. The molecule has 0 atom stereocenters. The second-order valence-electron chi connectivity index (χ2n) is 3.57. The van der Waals surface area contributed by atoms with Crippen molar-refractivity contribution in [2.24, 2.45) is 7.05 Å². The van der Waals surface area contributed by atoms with Crippen molar-refractivity contribution in [3.63, 3.8) is 0 Å². The zero-order valence-corrected chi connectivity index (χ0v) is 8.99. The van der Waals surface area contributed by atoms with Crippen LogP contribution in [0.5, 0.6) is 0 Å². The highest BCUT2D eigenvalue weighted by atomic mass is 35.5.